The number of guanidine groups is 1. The summed E-state index contributed by atoms with van der Waals surface area (Å²) in [5, 5.41) is 6.65. The van der Waals surface area contributed by atoms with E-state index in [0.717, 1.165) is 64.6 Å². The highest BCUT2D eigenvalue weighted by Gasteiger charge is 2.28. The predicted octanol–water partition coefficient (Wildman–Crippen LogP) is 3.46. The van der Waals surface area contributed by atoms with Crippen LogP contribution in [0.2, 0.25) is 0 Å². The molecule has 1 heterocycles. The van der Waals surface area contributed by atoms with Crippen molar-refractivity contribution in [1.29, 1.82) is 0 Å². The Morgan fingerprint density at radius 1 is 1.17 bits per heavy atom. The minimum Gasteiger partial charge on any atom is -0.381 e. The van der Waals surface area contributed by atoms with E-state index in [1.54, 1.807) is 0 Å². The van der Waals surface area contributed by atoms with E-state index < -0.39 is 0 Å². The van der Waals surface area contributed by atoms with Crippen molar-refractivity contribution in [3.05, 3.63) is 35.9 Å². The van der Waals surface area contributed by atoms with E-state index in [1.165, 1.54) is 12.0 Å². The second-order valence-corrected chi connectivity index (χ2v) is 7.61. The van der Waals surface area contributed by atoms with Gasteiger partial charge in [-0.15, -0.1) is 24.0 Å². The average Bonchev–Trinajstić information content (AvgIpc) is 3.10. The lowest BCUT2D eigenvalue weighted by Gasteiger charge is -2.16. The van der Waals surface area contributed by atoms with Crippen LogP contribution in [-0.2, 0) is 16.0 Å². The van der Waals surface area contributed by atoms with Gasteiger partial charge in [0, 0.05) is 58.3 Å². The Morgan fingerprint density at radius 2 is 1.93 bits per heavy atom. The summed E-state index contributed by atoms with van der Waals surface area (Å²) in [6.45, 7) is 9.80. The number of nitrogens with zero attached hydrogens (tertiary/aromatic N) is 2. The number of amides is 1. The van der Waals surface area contributed by atoms with Crippen LogP contribution in [0.25, 0.3) is 0 Å². The van der Waals surface area contributed by atoms with Gasteiger partial charge in [0.2, 0.25) is 5.91 Å². The zero-order valence-corrected chi connectivity index (χ0v) is 20.9. The third-order valence-corrected chi connectivity index (χ3v) is 5.06. The predicted molar refractivity (Wildman–Crippen MR) is 135 cm³/mol. The first-order valence-corrected chi connectivity index (χ1v) is 11.1. The summed E-state index contributed by atoms with van der Waals surface area (Å²) < 4.78 is 5.59. The van der Waals surface area contributed by atoms with Crippen molar-refractivity contribution in [3.63, 3.8) is 0 Å². The molecule has 6 nitrogen and oxygen atoms in total. The normalized spacial score (nSPS) is 16.5. The van der Waals surface area contributed by atoms with E-state index in [4.69, 9.17) is 9.73 Å². The van der Waals surface area contributed by atoms with E-state index in [1.807, 2.05) is 23.1 Å². The molecule has 0 saturated carbocycles. The molecule has 1 saturated heterocycles. The summed E-state index contributed by atoms with van der Waals surface area (Å²) in [6.07, 6.45) is 4.77. The van der Waals surface area contributed by atoms with Crippen LogP contribution in [0.15, 0.2) is 35.3 Å². The molecule has 7 heteroatoms. The highest BCUT2D eigenvalue weighted by molar-refractivity contribution is 14.0. The van der Waals surface area contributed by atoms with Gasteiger partial charge in [-0.1, -0.05) is 43.7 Å². The standard InChI is InChI=1S/C23H38N4O2.HI/c1-3-5-15-29-16-9-13-25-23(24-4-2)26-18-21-17-22(28)27(19-21)14-12-20-10-7-6-8-11-20;/h6-8,10-11,21H,3-5,9,12-19H2,1-2H3,(H2,24,25,26);1H. The van der Waals surface area contributed by atoms with Gasteiger partial charge in [-0.25, -0.2) is 0 Å². The molecule has 1 aromatic rings. The van der Waals surface area contributed by atoms with Gasteiger partial charge in [-0.2, -0.15) is 0 Å². The summed E-state index contributed by atoms with van der Waals surface area (Å²) in [7, 11) is 0. The molecular weight excluding hydrogens is 491 g/mol. The molecule has 0 bridgehead atoms. The number of aliphatic imine (C=N–C) groups is 1. The second kappa shape index (κ2) is 16.4. The Bertz CT molecular complexity index is 612. The van der Waals surface area contributed by atoms with Crippen LogP contribution >= 0.6 is 24.0 Å². The molecule has 30 heavy (non-hydrogen) atoms. The minimum atomic E-state index is 0. The molecule has 2 N–H and O–H groups in total. The highest BCUT2D eigenvalue weighted by atomic mass is 127. The molecule has 2 rings (SSSR count). The van der Waals surface area contributed by atoms with Gasteiger partial charge >= 0.3 is 0 Å². The molecule has 1 aliphatic heterocycles. The first kappa shape index (κ1) is 26.7. The summed E-state index contributed by atoms with van der Waals surface area (Å²) >= 11 is 0. The Hall–Kier alpha value is -1.35. The number of benzene rings is 1. The average molecular weight is 530 g/mol. The summed E-state index contributed by atoms with van der Waals surface area (Å²) in [5.41, 5.74) is 1.28. The minimum absolute atomic E-state index is 0. The Kier molecular flexibility index (Phi) is 14.5. The Labute approximate surface area is 199 Å². The molecule has 1 fully saturated rings. The number of ether oxygens (including phenoxy) is 1. The van der Waals surface area contributed by atoms with E-state index in [0.29, 0.717) is 18.9 Å². The smallest absolute Gasteiger partial charge is 0.223 e. The van der Waals surface area contributed by atoms with Crippen LogP contribution < -0.4 is 10.6 Å². The fraction of sp³-hybridized carbons (Fsp3) is 0.652. The largest absolute Gasteiger partial charge is 0.381 e. The maximum atomic E-state index is 12.3. The van der Waals surface area contributed by atoms with Gasteiger partial charge in [-0.05, 0) is 31.7 Å². The molecule has 1 aliphatic rings. The second-order valence-electron chi connectivity index (χ2n) is 7.61. The van der Waals surface area contributed by atoms with Crippen LogP contribution in [0.1, 0.15) is 45.1 Å². The van der Waals surface area contributed by atoms with Crippen molar-refractivity contribution in [2.45, 2.75) is 46.0 Å². The number of rotatable bonds is 13. The zero-order valence-electron chi connectivity index (χ0n) is 18.6. The zero-order chi connectivity index (χ0) is 20.7. The van der Waals surface area contributed by atoms with E-state index in [-0.39, 0.29) is 29.9 Å². The van der Waals surface area contributed by atoms with Gasteiger partial charge in [0.25, 0.3) is 0 Å². The quantitative estimate of drug-likeness (QED) is 0.178. The molecule has 170 valence electrons. The summed E-state index contributed by atoms with van der Waals surface area (Å²) in [6, 6.07) is 10.3. The van der Waals surface area contributed by atoms with Crippen molar-refractivity contribution in [2.75, 3.05) is 45.9 Å². The van der Waals surface area contributed by atoms with Crippen molar-refractivity contribution >= 4 is 35.8 Å². The van der Waals surface area contributed by atoms with Crippen molar-refractivity contribution in [2.24, 2.45) is 10.9 Å². The first-order chi connectivity index (χ1) is 14.2. The van der Waals surface area contributed by atoms with E-state index in [9.17, 15) is 4.79 Å². The molecule has 1 aromatic carbocycles. The van der Waals surface area contributed by atoms with Crippen molar-refractivity contribution in [1.82, 2.24) is 15.5 Å². The van der Waals surface area contributed by atoms with Gasteiger partial charge in [0.15, 0.2) is 5.96 Å². The van der Waals surface area contributed by atoms with Gasteiger partial charge in [-0.3, -0.25) is 9.79 Å². The Morgan fingerprint density at radius 3 is 2.67 bits per heavy atom. The van der Waals surface area contributed by atoms with Gasteiger partial charge in [0.05, 0.1) is 0 Å². The monoisotopic (exact) mass is 530 g/mol. The third-order valence-electron chi connectivity index (χ3n) is 5.06. The summed E-state index contributed by atoms with van der Waals surface area (Å²) in [4.78, 5) is 19.0. The van der Waals surface area contributed by atoms with Crippen LogP contribution in [-0.4, -0.2) is 62.7 Å². The molecule has 0 radical (unpaired) electrons. The first-order valence-electron chi connectivity index (χ1n) is 11.1. The van der Waals surface area contributed by atoms with Gasteiger partial charge < -0.3 is 20.3 Å². The van der Waals surface area contributed by atoms with E-state index in [2.05, 4.69) is 36.6 Å². The van der Waals surface area contributed by atoms with Crippen LogP contribution in [0.5, 0.6) is 0 Å². The van der Waals surface area contributed by atoms with Crippen LogP contribution in [0, 0.1) is 5.92 Å². The number of unbranched alkanes of at least 4 members (excludes halogenated alkanes) is 1. The van der Waals surface area contributed by atoms with Crippen LogP contribution in [0.4, 0.5) is 0 Å². The summed E-state index contributed by atoms with van der Waals surface area (Å²) in [5.74, 6) is 1.38. The third kappa shape index (κ3) is 10.6. The molecule has 0 aromatic heterocycles. The number of likely N-dealkylation sites (tertiary alicyclic amines) is 1. The molecule has 0 aliphatic carbocycles. The fourth-order valence-corrected chi connectivity index (χ4v) is 3.39. The molecule has 1 amide bonds. The molecule has 0 spiro atoms. The Balaban J connectivity index is 0.00000450. The van der Waals surface area contributed by atoms with Crippen molar-refractivity contribution in [3.8, 4) is 0 Å². The SMILES string of the molecule is CCCCOCCCNC(=NCC1CC(=O)N(CCc2ccccc2)C1)NCC.I. The number of hydrogen-bond acceptors (Lipinski definition) is 3. The maximum Gasteiger partial charge on any atom is 0.223 e. The lowest BCUT2D eigenvalue weighted by molar-refractivity contribution is -0.127. The van der Waals surface area contributed by atoms with Crippen LogP contribution in [0.3, 0.4) is 0 Å². The lowest BCUT2D eigenvalue weighted by Crippen LogP contribution is -2.38. The fourth-order valence-electron chi connectivity index (χ4n) is 3.39. The number of nitrogens with one attached hydrogen (secondary N) is 2. The number of carbonyl (C=O) groups is 1. The molecular formula is C23H39IN4O2. The highest BCUT2D eigenvalue weighted by Crippen LogP contribution is 2.18. The van der Waals surface area contributed by atoms with Crippen molar-refractivity contribution < 1.29 is 9.53 Å². The molecule has 1 unspecified atom stereocenters. The number of carbonyl (C=O) groups excluding carboxylic acids is 1. The lowest BCUT2D eigenvalue weighted by atomic mass is 10.1. The maximum absolute atomic E-state index is 12.3. The number of halogens is 1. The molecule has 1 atom stereocenters. The van der Waals surface area contributed by atoms with Gasteiger partial charge in [0.1, 0.15) is 0 Å². The van der Waals surface area contributed by atoms with E-state index >= 15 is 0 Å². The topological polar surface area (TPSA) is 66.0 Å². The number of hydrogen-bond donors (Lipinski definition) is 2.